The van der Waals surface area contributed by atoms with Gasteiger partial charge in [-0.05, 0) is 31.4 Å². The van der Waals surface area contributed by atoms with Crippen molar-refractivity contribution >= 4 is 17.6 Å². The van der Waals surface area contributed by atoms with E-state index in [2.05, 4.69) is 6.92 Å². The molecule has 2 amide bonds. The maximum atomic E-state index is 12.9. The first-order valence-corrected chi connectivity index (χ1v) is 9.11. The molecule has 1 aromatic carbocycles. The quantitative estimate of drug-likeness (QED) is 0.558. The van der Waals surface area contributed by atoms with Gasteiger partial charge in [0.25, 0.3) is 11.8 Å². The second-order valence-electron chi connectivity index (χ2n) is 6.52. The van der Waals surface area contributed by atoms with Crippen molar-refractivity contribution in [3.63, 3.8) is 0 Å². The van der Waals surface area contributed by atoms with E-state index in [-0.39, 0.29) is 18.4 Å². The van der Waals surface area contributed by atoms with E-state index in [0.717, 1.165) is 44.9 Å². The van der Waals surface area contributed by atoms with Gasteiger partial charge < -0.3 is 0 Å². The molecule has 0 saturated heterocycles. The van der Waals surface area contributed by atoms with E-state index in [1.165, 1.54) is 4.90 Å². The van der Waals surface area contributed by atoms with Gasteiger partial charge in [0, 0.05) is 18.0 Å². The summed E-state index contributed by atoms with van der Waals surface area (Å²) in [6.07, 6.45) is 7.59. The Labute approximate surface area is 144 Å². The first kappa shape index (κ1) is 18.4. The van der Waals surface area contributed by atoms with Crippen LogP contribution in [0.5, 0.6) is 0 Å². The molecule has 1 aliphatic rings. The predicted molar refractivity (Wildman–Crippen MR) is 93.6 cm³/mol. The summed E-state index contributed by atoms with van der Waals surface area (Å²) < 4.78 is 0. The van der Waals surface area contributed by atoms with Crippen LogP contribution in [0, 0.1) is 0 Å². The SMILES string of the molecule is CCCCCC(=O)C(=O)N(C(=O)c1ccccc1)C1CCCCC1. The maximum absolute atomic E-state index is 12.9. The number of carbonyl (C=O) groups is 3. The van der Waals surface area contributed by atoms with Crippen LogP contribution < -0.4 is 0 Å². The zero-order valence-electron chi connectivity index (χ0n) is 14.5. The molecule has 1 saturated carbocycles. The molecule has 0 N–H and O–H groups in total. The molecular weight excluding hydrogens is 302 g/mol. The summed E-state index contributed by atoms with van der Waals surface area (Å²) in [6.45, 7) is 2.06. The van der Waals surface area contributed by atoms with Crippen LogP contribution in [0.15, 0.2) is 30.3 Å². The maximum Gasteiger partial charge on any atom is 0.297 e. The van der Waals surface area contributed by atoms with Gasteiger partial charge in [0.2, 0.25) is 5.78 Å². The minimum absolute atomic E-state index is 0.144. The predicted octanol–water partition coefficient (Wildman–Crippen LogP) is 4.14. The third-order valence-electron chi connectivity index (χ3n) is 4.64. The van der Waals surface area contributed by atoms with E-state index < -0.39 is 11.7 Å². The Hall–Kier alpha value is -1.97. The summed E-state index contributed by atoms with van der Waals surface area (Å²) in [7, 11) is 0. The lowest BCUT2D eigenvalue weighted by atomic mass is 9.93. The summed E-state index contributed by atoms with van der Waals surface area (Å²) in [5, 5.41) is 0. The number of amides is 2. The van der Waals surface area contributed by atoms with E-state index in [1.807, 2.05) is 6.07 Å². The van der Waals surface area contributed by atoms with E-state index in [0.29, 0.717) is 12.0 Å². The Bertz CT molecular complexity index is 562. The van der Waals surface area contributed by atoms with Crippen molar-refractivity contribution in [2.75, 3.05) is 0 Å². The van der Waals surface area contributed by atoms with Gasteiger partial charge in [-0.2, -0.15) is 0 Å². The smallest absolute Gasteiger partial charge is 0.289 e. The summed E-state index contributed by atoms with van der Waals surface area (Å²) in [6, 6.07) is 8.65. The summed E-state index contributed by atoms with van der Waals surface area (Å²) >= 11 is 0. The monoisotopic (exact) mass is 329 g/mol. The van der Waals surface area contributed by atoms with E-state index >= 15 is 0 Å². The molecule has 0 spiro atoms. The van der Waals surface area contributed by atoms with Gasteiger partial charge in [0.05, 0.1) is 0 Å². The lowest BCUT2D eigenvalue weighted by Gasteiger charge is -2.32. The Morgan fingerprint density at radius 1 is 1.00 bits per heavy atom. The van der Waals surface area contributed by atoms with Gasteiger partial charge in [-0.3, -0.25) is 19.3 Å². The highest BCUT2D eigenvalue weighted by Crippen LogP contribution is 2.25. The number of nitrogens with zero attached hydrogens (tertiary/aromatic N) is 1. The van der Waals surface area contributed by atoms with Crippen molar-refractivity contribution < 1.29 is 14.4 Å². The van der Waals surface area contributed by atoms with Crippen molar-refractivity contribution in [3.8, 4) is 0 Å². The van der Waals surface area contributed by atoms with E-state index in [4.69, 9.17) is 0 Å². The number of unbranched alkanes of at least 4 members (excludes halogenated alkanes) is 2. The van der Waals surface area contributed by atoms with Gasteiger partial charge in [-0.15, -0.1) is 0 Å². The molecule has 24 heavy (non-hydrogen) atoms. The zero-order valence-corrected chi connectivity index (χ0v) is 14.5. The summed E-state index contributed by atoms with van der Waals surface area (Å²) in [4.78, 5) is 39.1. The average Bonchev–Trinajstić information content (AvgIpc) is 2.63. The van der Waals surface area contributed by atoms with Crippen LogP contribution in [-0.2, 0) is 9.59 Å². The fourth-order valence-electron chi connectivity index (χ4n) is 3.26. The highest BCUT2D eigenvalue weighted by molar-refractivity contribution is 6.39. The number of hydrogen-bond acceptors (Lipinski definition) is 3. The molecule has 0 unspecified atom stereocenters. The fourth-order valence-corrected chi connectivity index (χ4v) is 3.26. The van der Waals surface area contributed by atoms with E-state index in [1.54, 1.807) is 24.3 Å². The van der Waals surface area contributed by atoms with E-state index in [9.17, 15) is 14.4 Å². The molecule has 0 heterocycles. The van der Waals surface area contributed by atoms with Crippen molar-refractivity contribution in [3.05, 3.63) is 35.9 Å². The highest BCUT2D eigenvalue weighted by atomic mass is 16.2. The number of carbonyl (C=O) groups excluding carboxylic acids is 3. The molecule has 0 atom stereocenters. The molecule has 1 aromatic rings. The summed E-state index contributed by atoms with van der Waals surface area (Å²) in [5.74, 6) is -1.39. The van der Waals surface area contributed by atoms with Crippen LogP contribution in [0.2, 0.25) is 0 Å². The van der Waals surface area contributed by atoms with Crippen LogP contribution in [0.3, 0.4) is 0 Å². The van der Waals surface area contributed by atoms with Crippen LogP contribution in [-0.4, -0.2) is 28.5 Å². The molecule has 4 nitrogen and oxygen atoms in total. The minimum Gasteiger partial charge on any atom is -0.289 e. The molecule has 2 rings (SSSR count). The fraction of sp³-hybridized carbons (Fsp3) is 0.550. The largest absolute Gasteiger partial charge is 0.297 e. The summed E-state index contributed by atoms with van der Waals surface area (Å²) in [5.41, 5.74) is 0.470. The van der Waals surface area contributed by atoms with Crippen LogP contribution in [0.4, 0.5) is 0 Å². The molecule has 4 heteroatoms. The standard InChI is InChI=1S/C20H27NO3/c1-2-3-6-15-18(22)20(24)21(17-13-9-5-10-14-17)19(23)16-11-7-4-8-12-16/h4,7-8,11-12,17H,2-3,5-6,9-10,13-15H2,1H3. The Balaban J connectivity index is 2.17. The van der Waals surface area contributed by atoms with Gasteiger partial charge in [0.1, 0.15) is 0 Å². The minimum atomic E-state index is -0.619. The number of hydrogen-bond donors (Lipinski definition) is 0. The van der Waals surface area contributed by atoms with Crippen LogP contribution in [0.1, 0.15) is 75.1 Å². The highest BCUT2D eigenvalue weighted by Gasteiger charge is 2.34. The average molecular weight is 329 g/mol. The Morgan fingerprint density at radius 3 is 2.29 bits per heavy atom. The Morgan fingerprint density at radius 2 is 1.67 bits per heavy atom. The van der Waals surface area contributed by atoms with Gasteiger partial charge >= 0.3 is 0 Å². The number of Topliss-reactive ketones (excluding diaryl/α,β-unsaturated/α-hetero) is 1. The molecule has 1 fully saturated rings. The third kappa shape index (κ3) is 4.76. The topological polar surface area (TPSA) is 54.5 Å². The Kier molecular flexibility index (Phi) is 7.16. The number of benzene rings is 1. The second kappa shape index (κ2) is 9.36. The number of ketones is 1. The lowest BCUT2D eigenvalue weighted by molar-refractivity contribution is -0.144. The number of imide groups is 1. The third-order valence-corrected chi connectivity index (χ3v) is 4.64. The first-order valence-electron chi connectivity index (χ1n) is 9.11. The number of rotatable bonds is 7. The van der Waals surface area contributed by atoms with Crippen LogP contribution in [0.25, 0.3) is 0 Å². The molecule has 0 bridgehead atoms. The van der Waals surface area contributed by atoms with Crippen molar-refractivity contribution in [2.24, 2.45) is 0 Å². The lowest BCUT2D eigenvalue weighted by Crippen LogP contribution is -2.48. The van der Waals surface area contributed by atoms with Crippen molar-refractivity contribution in [2.45, 2.75) is 70.8 Å². The van der Waals surface area contributed by atoms with Gasteiger partial charge in [-0.25, -0.2) is 0 Å². The normalized spacial score (nSPS) is 15.0. The molecule has 0 aliphatic heterocycles. The second-order valence-corrected chi connectivity index (χ2v) is 6.52. The molecule has 0 aromatic heterocycles. The van der Waals surface area contributed by atoms with Gasteiger partial charge in [-0.1, -0.05) is 57.2 Å². The molecule has 0 radical (unpaired) electrons. The van der Waals surface area contributed by atoms with Gasteiger partial charge in [0.15, 0.2) is 0 Å². The molecular formula is C20H27NO3. The molecule has 130 valence electrons. The zero-order chi connectivity index (χ0) is 17.4. The van der Waals surface area contributed by atoms with Crippen molar-refractivity contribution in [1.29, 1.82) is 0 Å². The first-order chi connectivity index (χ1) is 11.6. The van der Waals surface area contributed by atoms with Crippen molar-refractivity contribution in [1.82, 2.24) is 4.90 Å². The molecule has 1 aliphatic carbocycles. The van der Waals surface area contributed by atoms with Crippen LogP contribution >= 0.6 is 0 Å².